The lowest BCUT2D eigenvalue weighted by molar-refractivity contribution is -0.143. The van der Waals surface area contributed by atoms with E-state index in [9.17, 15) is 9.59 Å². The van der Waals surface area contributed by atoms with Crippen molar-refractivity contribution in [3.8, 4) is 16.9 Å². The molecule has 0 fully saturated rings. The van der Waals surface area contributed by atoms with Crippen molar-refractivity contribution in [2.24, 2.45) is 0 Å². The highest BCUT2D eigenvalue weighted by atomic mass is 16.6. The monoisotopic (exact) mass is 385 g/mol. The smallest absolute Gasteiger partial charge is 0.408 e. The van der Waals surface area contributed by atoms with Crippen molar-refractivity contribution in [3.05, 3.63) is 54.1 Å². The van der Waals surface area contributed by atoms with Gasteiger partial charge in [-0.2, -0.15) is 0 Å². The number of ether oxygens (including phenoxy) is 3. The van der Waals surface area contributed by atoms with Crippen LogP contribution in [0.15, 0.2) is 48.5 Å². The molecule has 0 saturated heterocycles. The number of carbonyl (C=O) groups excluding carboxylic acids is 2. The van der Waals surface area contributed by atoms with E-state index in [-0.39, 0.29) is 6.42 Å². The Morgan fingerprint density at radius 2 is 1.64 bits per heavy atom. The van der Waals surface area contributed by atoms with Crippen molar-refractivity contribution < 1.29 is 23.8 Å². The summed E-state index contributed by atoms with van der Waals surface area (Å²) < 4.78 is 15.4. The second-order valence-electron chi connectivity index (χ2n) is 7.32. The number of rotatable bonds is 6. The topological polar surface area (TPSA) is 73.9 Å². The Morgan fingerprint density at radius 1 is 1.00 bits per heavy atom. The van der Waals surface area contributed by atoms with Gasteiger partial charge in [0, 0.05) is 12.0 Å². The van der Waals surface area contributed by atoms with Gasteiger partial charge in [-0.3, -0.25) is 0 Å². The van der Waals surface area contributed by atoms with E-state index in [4.69, 9.17) is 14.2 Å². The first-order valence-corrected chi connectivity index (χ1v) is 9.03. The third-order valence-corrected chi connectivity index (χ3v) is 3.99. The lowest BCUT2D eigenvalue weighted by Crippen LogP contribution is -2.45. The Kier molecular flexibility index (Phi) is 7.04. The van der Waals surface area contributed by atoms with Gasteiger partial charge in [-0.25, -0.2) is 9.59 Å². The van der Waals surface area contributed by atoms with Gasteiger partial charge >= 0.3 is 12.1 Å². The van der Waals surface area contributed by atoms with Crippen molar-refractivity contribution in [2.75, 3.05) is 14.2 Å². The molecule has 6 nitrogen and oxygen atoms in total. The van der Waals surface area contributed by atoms with E-state index in [1.54, 1.807) is 27.9 Å². The second-order valence-corrected chi connectivity index (χ2v) is 7.32. The van der Waals surface area contributed by atoms with E-state index in [2.05, 4.69) is 5.32 Å². The molecule has 1 unspecified atom stereocenters. The minimum Gasteiger partial charge on any atom is -0.496 e. The minimum atomic E-state index is -0.836. The molecule has 0 heterocycles. The summed E-state index contributed by atoms with van der Waals surface area (Å²) in [5.74, 6) is 0.258. The van der Waals surface area contributed by atoms with E-state index in [0.717, 1.165) is 22.4 Å². The standard InChI is InChI=1S/C22H27NO5/c1-22(2,3)28-21(25)23-18(20(24)27-5)14-15-10-12-16(13-11-15)17-8-6-7-9-19(17)26-4/h6-13,18H,14H2,1-5H3,(H,23,25). The zero-order valence-corrected chi connectivity index (χ0v) is 16.9. The number of nitrogens with one attached hydrogen (secondary N) is 1. The molecule has 0 bridgehead atoms. The van der Waals surface area contributed by atoms with Crippen molar-refractivity contribution in [1.29, 1.82) is 0 Å². The predicted molar refractivity (Wildman–Crippen MR) is 107 cm³/mol. The summed E-state index contributed by atoms with van der Waals surface area (Å²) in [5.41, 5.74) is 2.20. The molecule has 28 heavy (non-hydrogen) atoms. The van der Waals surface area contributed by atoms with Crippen LogP contribution in [0, 0.1) is 0 Å². The van der Waals surface area contributed by atoms with Crippen LogP contribution in [0.5, 0.6) is 5.75 Å². The molecule has 2 rings (SSSR count). The molecule has 2 aromatic carbocycles. The van der Waals surface area contributed by atoms with Crippen molar-refractivity contribution in [2.45, 2.75) is 38.8 Å². The molecule has 0 radical (unpaired) electrons. The first-order valence-electron chi connectivity index (χ1n) is 9.03. The van der Waals surface area contributed by atoms with Crippen LogP contribution in [0.2, 0.25) is 0 Å². The van der Waals surface area contributed by atoms with Gasteiger partial charge < -0.3 is 19.5 Å². The van der Waals surface area contributed by atoms with Gasteiger partial charge in [0.1, 0.15) is 17.4 Å². The zero-order chi connectivity index (χ0) is 20.7. The molecule has 0 aliphatic carbocycles. The van der Waals surface area contributed by atoms with Crippen molar-refractivity contribution in [3.63, 3.8) is 0 Å². The van der Waals surface area contributed by atoms with Crippen LogP contribution in [-0.2, 0) is 20.7 Å². The van der Waals surface area contributed by atoms with Gasteiger partial charge in [-0.15, -0.1) is 0 Å². The van der Waals surface area contributed by atoms with Crippen LogP contribution in [-0.4, -0.2) is 37.9 Å². The van der Waals surface area contributed by atoms with Gasteiger partial charge in [0.05, 0.1) is 14.2 Å². The van der Waals surface area contributed by atoms with Crippen LogP contribution >= 0.6 is 0 Å². The van der Waals surface area contributed by atoms with Gasteiger partial charge in [0.2, 0.25) is 0 Å². The van der Waals surface area contributed by atoms with Crippen LogP contribution < -0.4 is 10.1 Å². The Labute approximate surface area is 165 Å². The number of alkyl carbamates (subject to hydrolysis) is 1. The third-order valence-electron chi connectivity index (χ3n) is 3.99. The van der Waals surface area contributed by atoms with Gasteiger partial charge in [0.15, 0.2) is 0 Å². The molecule has 2 aromatic rings. The molecule has 0 spiro atoms. The van der Waals surface area contributed by atoms with Crippen molar-refractivity contribution in [1.82, 2.24) is 5.32 Å². The summed E-state index contributed by atoms with van der Waals surface area (Å²) in [7, 11) is 2.92. The van der Waals surface area contributed by atoms with E-state index >= 15 is 0 Å². The van der Waals surface area contributed by atoms with Gasteiger partial charge in [-0.1, -0.05) is 42.5 Å². The fraction of sp³-hybridized carbons (Fsp3) is 0.364. The molecule has 0 aromatic heterocycles. The molecule has 0 saturated carbocycles. The van der Waals surface area contributed by atoms with E-state index in [1.807, 2.05) is 48.5 Å². The van der Waals surface area contributed by atoms with Crippen LogP contribution in [0.4, 0.5) is 4.79 Å². The first-order chi connectivity index (χ1) is 13.2. The van der Waals surface area contributed by atoms with E-state index in [0.29, 0.717) is 0 Å². The summed E-state index contributed by atoms with van der Waals surface area (Å²) in [5, 5.41) is 2.58. The zero-order valence-electron chi connectivity index (χ0n) is 16.9. The van der Waals surface area contributed by atoms with E-state index < -0.39 is 23.7 Å². The van der Waals surface area contributed by atoms with Crippen LogP contribution in [0.25, 0.3) is 11.1 Å². The maximum Gasteiger partial charge on any atom is 0.408 e. The predicted octanol–water partition coefficient (Wildman–Crippen LogP) is 3.97. The maximum atomic E-state index is 12.1. The SMILES string of the molecule is COC(=O)C(Cc1ccc(-c2ccccc2OC)cc1)NC(=O)OC(C)(C)C. The summed E-state index contributed by atoms with van der Waals surface area (Å²) in [6, 6.07) is 14.6. The molecule has 0 aliphatic rings. The number of esters is 1. The second kappa shape index (κ2) is 9.26. The van der Waals surface area contributed by atoms with Crippen LogP contribution in [0.3, 0.4) is 0 Å². The Morgan fingerprint density at radius 3 is 2.21 bits per heavy atom. The van der Waals surface area contributed by atoms with Crippen LogP contribution in [0.1, 0.15) is 26.3 Å². The highest BCUT2D eigenvalue weighted by molar-refractivity contribution is 5.81. The number of para-hydroxylation sites is 1. The summed E-state index contributed by atoms with van der Waals surface area (Å²) in [6.45, 7) is 5.28. The molecule has 0 aliphatic heterocycles. The number of benzene rings is 2. The highest BCUT2D eigenvalue weighted by Gasteiger charge is 2.25. The molecule has 6 heteroatoms. The Balaban J connectivity index is 2.14. The average molecular weight is 385 g/mol. The number of hydrogen-bond acceptors (Lipinski definition) is 5. The number of carbonyl (C=O) groups is 2. The summed E-state index contributed by atoms with van der Waals surface area (Å²) in [4.78, 5) is 24.1. The fourth-order valence-corrected chi connectivity index (χ4v) is 2.72. The third kappa shape index (κ3) is 6.01. The Bertz CT molecular complexity index is 808. The van der Waals surface area contributed by atoms with Gasteiger partial charge in [0.25, 0.3) is 0 Å². The number of methoxy groups -OCH3 is 2. The average Bonchev–Trinajstić information content (AvgIpc) is 2.66. The number of hydrogen-bond donors (Lipinski definition) is 1. The van der Waals surface area contributed by atoms with Gasteiger partial charge in [-0.05, 0) is 38.0 Å². The largest absolute Gasteiger partial charge is 0.496 e. The molecule has 1 N–H and O–H groups in total. The molecular weight excluding hydrogens is 358 g/mol. The molecular formula is C22H27NO5. The maximum absolute atomic E-state index is 12.1. The number of amides is 1. The Hall–Kier alpha value is -3.02. The normalized spacial score (nSPS) is 12.0. The quantitative estimate of drug-likeness (QED) is 0.762. The molecule has 1 atom stereocenters. The molecule has 150 valence electrons. The lowest BCUT2D eigenvalue weighted by atomic mass is 10.00. The minimum absolute atomic E-state index is 0.290. The summed E-state index contributed by atoms with van der Waals surface area (Å²) in [6.07, 6.45) is -0.369. The lowest BCUT2D eigenvalue weighted by Gasteiger charge is -2.22. The first kappa shape index (κ1) is 21.3. The highest BCUT2D eigenvalue weighted by Crippen LogP contribution is 2.29. The molecule has 1 amide bonds. The summed E-state index contributed by atoms with van der Waals surface area (Å²) >= 11 is 0. The van der Waals surface area contributed by atoms with Crippen molar-refractivity contribution >= 4 is 12.1 Å². The van der Waals surface area contributed by atoms with E-state index in [1.165, 1.54) is 7.11 Å². The fourth-order valence-electron chi connectivity index (χ4n) is 2.72.